The van der Waals surface area contributed by atoms with E-state index in [0.717, 1.165) is 47.7 Å². The number of nitrogens with one attached hydrogen (secondary N) is 1. The molecular formula is C17H23Cl2N5O2S2. The number of nitrogens with zero attached hydrogens (tertiary/aromatic N) is 4. The molecule has 2 heterocycles. The van der Waals surface area contributed by atoms with Gasteiger partial charge in [0.2, 0.25) is 15.2 Å². The van der Waals surface area contributed by atoms with Crippen LogP contribution in [0.2, 0.25) is 5.02 Å². The SMILES string of the molecule is O=S(=O)(CCCl)NCCN1CCN(c2nc(Cc3ccc(Cl)cc3)ns2)CC1. The van der Waals surface area contributed by atoms with Crippen molar-refractivity contribution < 1.29 is 8.42 Å². The molecule has 154 valence electrons. The third-order valence-electron chi connectivity index (χ3n) is 4.47. The largest absolute Gasteiger partial charge is 0.344 e. The van der Waals surface area contributed by atoms with Gasteiger partial charge in [0, 0.05) is 68.1 Å². The van der Waals surface area contributed by atoms with Crippen LogP contribution in [-0.2, 0) is 16.4 Å². The lowest BCUT2D eigenvalue weighted by Gasteiger charge is -2.34. The molecule has 1 saturated heterocycles. The van der Waals surface area contributed by atoms with Gasteiger partial charge < -0.3 is 4.90 Å². The Morgan fingerprint density at radius 1 is 1.14 bits per heavy atom. The zero-order chi connectivity index (χ0) is 20.0. The Kier molecular flexibility index (Phi) is 7.90. The molecule has 1 aromatic heterocycles. The molecule has 2 aromatic rings. The highest BCUT2D eigenvalue weighted by molar-refractivity contribution is 7.89. The third-order valence-corrected chi connectivity index (χ3v) is 7.34. The van der Waals surface area contributed by atoms with E-state index in [0.29, 0.717) is 19.5 Å². The number of sulfonamides is 1. The van der Waals surface area contributed by atoms with Gasteiger partial charge in [0.05, 0.1) is 5.75 Å². The van der Waals surface area contributed by atoms with Crippen LogP contribution in [0.5, 0.6) is 0 Å². The summed E-state index contributed by atoms with van der Waals surface area (Å²) in [7, 11) is -3.25. The number of alkyl halides is 1. The number of piperazine rings is 1. The Hall–Kier alpha value is -0.970. The molecule has 0 aliphatic carbocycles. The summed E-state index contributed by atoms with van der Waals surface area (Å²) in [6.45, 7) is 4.53. The van der Waals surface area contributed by atoms with Gasteiger partial charge in [0.25, 0.3) is 0 Å². The van der Waals surface area contributed by atoms with Crippen molar-refractivity contribution in [3.05, 3.63) is 40.7 Å². The van der Waals surface area contributed by atoms with E-state index in [4.69, 9.17) is 23.2 Å². The predicted octanol–water partition coefficient (Wildman–Crippen LogP) is 2.06. The van der Waals surface area contributed by atoms with Crippen LogP contribution < -0.4 is 9.62 Å². The fraction of sp³-hybridized carbons (Fsp3) is 0.529. The summed E-state index contributed by atoms with van der Waals surface area (Å²) in [5.74, 6) is 0.881. The maximum absolute atomic E-state index is 11.6. The van der Waals surface area contributed by atoms with Gasteiger partial charge in [-0.2, -0.15) is 4.37 Å². The van der Waals surface area contributed by atoms with Gasteiger partial charge in [-0.1, -0.05) is 23.7 Å². The maximum atomic E-state index is 11.6. The van der Waals surface area contributed by atoms with Crippen molar-refractivity contribution in [2.45, 2.75) is 6.42 Å². The maximum Gasteiger partial charge on any atom is 0.212 e. The van der Waals surface area contributed by atoms with Crippen molar-refractivity contribution in [3.63, 3.8) is 0 Å². The van der Waals surface area contributed by atoms with Crippen molar-refractivity contribution in [1.82, 2.24) is 19.0 Å². The first-order valence-corrected chi connectivity index (χ1v) is 12.4. The second-order valence-corrected chi connectivity index (χ2v) is 10.00. The minimum atomic E-state index is -3.25. The summed E-state index contributed by atoms with van der Waals surface area (Å²) in [5, 5.41) is 1.66. The second-order valence-electron chi connectivity index (χ2n) is 6.53. The van der Waals surface area contributed by atoms with E-state index in [1.165, 1.54) is 11.5 Å². The van der Waals surface area contributed by atoms with Crippen LogP contribution in [0, 0.1) is 0 Å². The van der Waals surface area contributed by atoms with Crippen molar-refractivity contribution >= 4 is 49.9 Å². The average molecular weight is 464 g/mol. The molecule has 3 rings (SSSR count). The number of hydrogen-bond acceptors (Lipinski definition) is 7. The quantitative estimate of drug-likeness (QED) is 0.573. The van der Waals surface area contributed by atoms with Gasteiger partial charge in [0.15, 0.2) is 0 Å². The van der Waals surface area contributed by atoms with Gasteiger partial charge in [-0.15, -0.1) is 11.6 Å². The Labute approximate surface area is 179 Å². The van der Waals surface area contributed by atoms with Gasteiger partial charge in [-0.3, -0.25) is 4.90 Å². The van der Waals surface area contributed by atoms with E-state index in [9.17, 15) is 8.42 Å². The van der Waals surface area contributed by atoms with Crippen molar-refractivity contribution in [2.24, 2.45) is 0 Å². The zero-order valence-corrected chi connectivity index (χ0v) is 18.5. The molecular weight excluding hydrogens is 441 g/mol. The molecule has 0 bridgehead atoms. The molecule has 0 spiro atoms. The number of anilines is 1. The van der Waals surface area contributed by atoms with Crippen molar-refractivity contribution in [3.8, 4) is 0 Å². The van der Waals surface area contributed by atoms with Crippen LogP contribution in [0.25, 0.3) is 0 Å². The average Bonchev–Trinajstić information content (AvgIpc) is 3.12. The Morgan fingerprint density at radius 3 is 2.54 bits per heavy atom. The molecule has 28 heavy (non-hydrogen) atoms. The van der Waals surface area contributed by atoms with Crippen LogP contribution in [0.1, 0.15) is 11.4 Å². The Bertz CT molecular complexity index is 853. The first-order valence-electron chi connectivity index (χ1n) is 9.03. The molecule has 0 radical (unpaired) electrons. The monoisotopic (exact) mass is 463 g/mol. The lowest BCUT2D eigenvalue weighted by atomic mass is 10.1. The summed E-state index contributed by atoms with van der Waals surface area (Å²) < 4.78 is 30.3. The molecule has 1 fully saturated rings. The van der Waals surface area contributed by atoms with E-state index in [1.807, 2.05) is 24.3 Å². The minimum absolute atomic E-state index is 0.0439. The zero-order valence-electron chi connectivity index (χ0n) is 15.4. The van der Waals surface area contributed by atoms with Gasteiger partial charge in [-0.25, -0.2) is 18.1 Å². The molecule has 11 heteroatoms. The normalized spacial score (nSPS) is 15.9. The van der Waals surface area contributed by atoms with Crippen LogP contribution >= 0.6 is 34.7 Å². The fourth-order valence-corrected chi connectivity index (χ4v) is 5.15. The molecule has 0 atom stereocenters. The molecule has 1 aliphatic heterocycles. The van der Waals surface area contributed by atoms with E-state index in [2.05, 4.69) is 23.9 Å². The number of aromatic nitrogens is 2. The molecule has 0 amide bonds. The highest BCUT2D eigenvalue weighted by Gasteiger charge is 2.20. The van der Waals surface area contributed by atoms with Crippen molar-refractivity contribution in [2.75, 3.05) is 55.8 Å². The second kappa shape index (κ2) is 10.2. The standard InChI is InChI=1S/C17H23Cl2N5O2S2/c18-5-12-28(25,26)20-6-7-23-8-10-24(11-9-23)17-21-16(22-27-17)13-14-1-3-15(19)4-2-14/h1-4,20H,5-13H2. The van der Waals surface area contributed by atoms with E-state index in [1.54, 1.807) is 0 Å². The highest BCUT2D eigenvalue weighted by Crippen LogP contribution is 2.21. The lowest BCUT2D eigenvalue weighted by molar-refractivity contribution is 0.262. The Balaban J connectivity index is 1.44. The molecule has 0 unspecified atom stereocenters. The lowest BCUT2D eigenvalue weighted by Crippen LogP contribution is -2.48. The van der Waals surface area contributed by atoms with E-state index < -0.39 is 10.0 Å². The Morgan fingerprint density at radius 2 is 1.86 bits per heavy atom. The molecule has 1 aromatic carbocycles. The first kappa shape index (κ1) is 21.7. The highest BCUT2D eigenvalue weighted by atomic mass is 35.5. The van der Waals surface area contributed by atoms with Crippen LogP contribution in [-0.4, -0.2) is 73.6 Å². The van der Waals surface area contributed by atoms with Crippen LogP contribution in [0.3, 0.4) is 0 Å². The fourth-order valence-electron chi connectivity index (χ4n) is 2.93. The number of benzene rings is 1. The van der Waals surface area contributed by atoms with Crippen LogP contribution in [0.15, 0.2) is 24.3 Å². The summed E-state index contributed by atoms with van der Waals surface area (Å²) in [4.78, 5) is 9.15. The number of halogens is 2. The molecule has 1 N–H and O–H groups in total. The van der Waals surface area contributed by atoms with Gasteiger partial charge in [-0.05, 0) is 17.7 Å². The smallest absolute Gasteiger partial charge is 0.212 e. The van der Waals surface area contributed by atoms with Gasteiger partial charge in [0.1, 0.15) is 5.82 Å². The van der Waals surface area contributed by atoms with Gasteiger partial charge >= 0.3 is 0 Å². The van der Waals surface area contributed by atoms with E-state index in [-0.39, 0.29) is 11.6 Å². The number of rotatable bonds is 9. The molecule has 7 nitrogen and oxygen atoms in total. The minimum Gasteiger partial charge on any atom is -0.344 e. The topological polar surface area (TPSA) is 78.4 Å². The van der Waals surface area contributed by atoms with Crippen molar-refractivity contribution in [1.29, 1.82) is 0 Å². The summed E-state index contributed by atoms with van der Waals surface area (Å²) in [5.41, 5.74) is 1.13. The summed E-state index contributed by atoms with van der Waals surface area (Å²) in [6.07, 6.45) is 0.691. The number of hydrogen-bond donors (Lipinski definition) is 1. The van der Waals surface area contributed by atoms with Crippen LogP contribution in [0.4, 0.5) is 5.13 Å². The summed E-state index contributed by atoms with van der Waals surface area (Å²) in [6, 6.07) is 7.73. The molecule has 1 aliphatic rings. The third kappa shape index (κ3) is 6.53. The predicted molar refractivity (Wildman–Crippen MR) is 115 cm³/mol. The van der Waals surface area contributed by atoms with E-state index >= 15 is 0 Å². The first-order chi connectivity index (χ1) is 13.4. The summed E-state index contributed by atoms with van der Waals surface area (Å²) >= 11 is 12.8. The molecule has 0 saturated carbocycles.